The van der Waals surface area contributed by atoms with Crippen molar-refractivity contribution < 1.29 is 13.2 Å². The number of hydrogen-bond donors (Lipinski definition) is 1. The standard InChI is InChI=1S/C12H8ClNO3S/c13-8-5-6-10-9(7-8)14-18(15,16)12-4-2-1-3-11(12)17-10/h1-7,14H. The van der Waals surface area contributed by atoms with E-state index in [1.165, 1.54) is 12.1 Å². The van der Waals surface area contributed by atoms with Gasteiger partial charge in [0, 0.05) is 5.02 Å². The van der Waals surface area contributed by atoms with Crippen molar-refractivity contribution in [3.8, 4) is 11.5 Å². The predicted molar refractivity (Wildman–Crippen MR) is 68.8 cm³/mol. The van der Waals surface area contributed by atoms with Crippen LogP contribution in [0, 0.1) is 0 Å². The summed E-state index contributed by atoms with van der Waals surface area (Å²) >= 11 is 5.84. The van der Waals surface area contributed by atoms with Crippen LogP contribution < -0.4 is 9.46 Å². The van der Waals surface area contributed by atoms with Gasteiger partial charge in [0.05, 0.1) is 5.69 Å². The minimum absolute atomic E-state index is 0.109. The molecule has 1 aliphatic rings. The van der Waals surface area contributed by atoms with Crippen LogP contribution in [0.1, 0.15) is 0 Å². The smallest absolute Gasteiger partial charge is 0.265 e. The number of rotatable bonds is 0. The Morgan fingerprint density at radius 2 is 1.83 bits per heavy atom. The number of benzene rings is 2. The maximum atomic E-state index is 12.1. The van der Waals surface area contributed by atoms with Crippen LogP contribution in [0.2, 0.25) is 5.02 Å². The minimum Gasteiger partial charge on any atom is -0.454 e. The molecule has 6 heteroatoms. The Bertz CT molecular complexity index is 728. The quantitative estimate of drug-likeness (QED) is 0.806. The van der Waals surface area contributed by atoms with Crippen LogP contribution in [0.15, 0.2) is 47.4 Å². The molecule has 0 spiro atoms. The Morgan fingerprint density at radius 1 is 1.06 bits per heavy atom. The second kappa shape index (κ2) is 3.90. The van der Waals surface area contributed by atoms with E-state index in [1.807, 2.05) is 0 Å². The van der Waals surface area contributed by atoms with Gasteiger partial charge < -0.3 is 4.74 Å². The number of fused-ring (bicyclic) bond motifs is 2. The third-order valence-electron chi connectivity index (χ3n) is 2.54. The Kier molecular flexibility index (Phi) is 2.46. The van der Waals surface area contributed by atoms with Crippen molar-refractivity contribution in [1.82, 2.24) is 0 Å². The molecule has 0 bridgehead atoms. The summed E-state index contributed by atoms with van der Waals surface area (Å²) in [7, 11) is -3.64. The van der Waals surface area contributed by atoms with Gasteiger partial charge in [0.1, 0.15) is 10.6 Å². The largest absolute Gasteiger partial charge is 0.454 e. The van der Waals surface area contributed by atoms with Crippen LogP contribution in [0.4, 0.5) is 5.69 Å². The fourth-order valence-corrected chi connectivity index (χ4v) is 3.11. The molecule has 0 saturated carbocycles. The summed E-state index contributed by atoms with van der Waals surface area (Å²) in [6.07, 6.45) is 0. The molecule has 0 unspecified atom stereocenters. The molecule has 0 saturated heterocycles. The highest BCUT2D eigenvalue weighted by atomic mass is 35.5. The lowest BCUT2D eigenvalue weighted by Crippen LogP contribution is -2.11. The second-order valence-electron chi connectivity index (χ2n) is 3.79. The molecule has 1 N–H and O–H groups in total. The monoisotopic (exact) mass is 281 g/mol. The second-order valence-corrected chi connectivity index (χ2v) is 5.88. The van der Waals surface area contributed by atoms with Crippen molar-refractivity contribution in [1.29, 1.82) is 0 Å². The van der Waals surface area contributed by atoms with Crippen LogP contribution in [-0.2, 0) is 10.0 Å². The van der Waals surface area contributed by atoms with E-state index in [1.54, 1.807) is 30.3 Å². The van der Waals surface area contributed by atoms with E-state index in [9.17, 15) is 8.42 Å². The van der Waals surface area contributed by atoms with Crippen LogP contribution in [-0.4, -0.2) is 8.42 Å². The van der Waals surface area contributed by atoms with Gasteiger partial charge >= 0.3 is 0 Å². The molecule has 0 aromatic heterocycles. The van der Waals surface area contributed by atoms with E-state index < -0.39 is 10.0 Å². The first-order chi connectivity index (χ1) is 8.56. The van der Waals surface area contributed by atoms with Crippen LogP contribution in [0.3, 0.4) is 0 Å². The highest BCUT2D eigenvalue weighted by molar-refractivity contribution is 7.92. The fraction of sp³-hybridized carbons (Fsp3) is 0. The maximum Gasteiger partial charge on any atom is 0.265 e. The fourth-order valence-electron chi connectivity index (χ4n) is 1.75. The third kappa shape index (κ3) is 1.81. The molecule has 3 rings (SSSR count). The van der Waals surface area contributed by atoms with Crippen molar-refractivity contribution in [3.05, 3.63) is 47.5 Å². The SMILES string of the molecule is O=S1(=O)Nc2cc(Cl)ccc2Oc2ccccc21. The highest BCUT2D eigenvalue weighted by Gasteiger charge is 2.25. The third-order valence-corrected chi connectivity index (χ3v) is 4.18. The average molecular weight is 282 g/mol. The Morgan fingerprint density at radius 3 is 2.67 bits per heavy atom. The van der Waals surface area contributed by atoms with Crippen LogP contribution in [0.5, 0.6) is 11.5 Å². The molecule has 2 aromatic carbocycles. The molecule has 2 aromatic rings. The van der Waals surface area contributed by atoms with Gasteiger partial charge in [0.25, 0.3) is 10.0 Å². The van der Waals surface area contributed by atoms with Crippen molar-refractivity contribution in [2.24, 2.45) is 0 Å². The van der Waals surface area contributed by atoms with Crippen molar-refractivity contribution in [2.45, 2.75) is 4.90 Å². The number of para-hydroxylation sites is 1. The van der Waals surface area contributed by atoms with Gasteiger partial charge in [0.2, 0.25) is 0 Å². The van der Waals surface area contributed by atoms with Crippen molar-refractivity contribution >= 4 is 27.3 Å². The number of hydrogen-bond acceptors (Lipinski definition) is 3. The molecule has 18 heavy (non-hydrogen) atoms. The van der Waals surface area contributed by atoms with Crippen LogP contribution >= 0.6 is 11.6 Å². The lowest BCUT2D eigenvalue weighted by atomic mass is 10.3. The average Bonchev–Trinajstić information content (AvgIpc) is 2.43. The molecular weight excluding hydrogens is 274 g/mol. The first-order valence-electron chi connectivity index (χ1n) is 5.15. The van der Waals surface area contributed by atoms with Gasteiger partial charge in [-0.15, -0.1) is 0 Å². The normalized spacial score (nSPS) is 15.6. The van der Waals surface area contributed by atoms with Gasteiger partial charge in [-0.3, -0.25) is 4.72 Å². The zero-order valence-corrected chi connectivity index (χ0v) is 10.6. The molecule has 1 heterocycles. The molecule has 0 radical (unpaired) electrons. The van der Waals surface area contributed by atoms with E-state index in [0.29, 0.717) is 22.2 Å². The number of sulfonamides is 1. The minimum atomic E-state index is -3.64. The van der Waals surface area contributed by atoms with E-state index in [-0.39, 0.29) is 4.90 Å². The van der Waals surface area contributed by atoms with Crippen molar-refractivity contribution in [3.63, 3.8) is 0 Å². The number of nitrogens with one attached hydrogen (secondary N) is 1. The Hall–Kier alpha value is -1.72. The van der Waals surface area contributed by atoms with Gasteiger partial charge in [-0.05, 0) is 30.3 Å². The van der Waals surface area contributed by atoms with E-state index in [0.717, 1.165) is 0 Å². The predicted octanol–water partition coefficient (Wildman–Crippen LogP) is 3.25. The van der Waals surface area contributed by atoms with Crippen LogP contribution in [0.25, 0.3) is 0 Å². The molecule has 0 aliphatic carbocycles. The summed E-state index contributed by atoms with van der Waals surface area (Å²) in [5.41, 5.74) is 0.332. The maximum absolute atomic E-state index is 12.1. The molecule has 0 atom stereocenters. The lowest BCUT2D eigenvalue weighted by molar-refractivity contribution is 0.473. The summed E-state index contributed by atoms with van der Waals surface area (Å²) in [5, 5.41) is 0.436. The zero-order chi connectivity index (χ0) is 12.8. The number of halogens is 1. The molecular formula is C12H8ClNO3S. The van der Waals surface area contributed by atoms with E-state index in [2.05, 4.69) is 4.72 Å². The molecule has 92 valence electrons. The van der Waals surface area contributed by atoms with Gasteiger partial charge in [-0.25, -0.2) is 8.42 Å². The first-order valence-corrected chi connectivity index (χ1v) is 7.02. The highest BCUT2D eigenvalue weighted by Crippen LogP contribution is 2.39. The lowest BCUT2D eigenvalue weighted by Gasteiger charge is -2.06. The topological polar surface area (TPSA) is 55.4 Å². The summed E-state index contributed by atoms with van der Waals surface area (Å²) in [4.78, 5) is 0.109. The van der Waals surface area contributed by atoms with Crippen molar-refractivity contribution in [2.75, 3.05) is 4.72 Å². The first kappa shape index (κ1) is 11.4. The van der Waals surface area contributed by atoms with E-state index >= 15 is 0 Å². The van der Waals surface area contributed by atoms with E-state index in [4.69, 9.17) is 16.3 Å². The van der Waals surface area contributed by atoms with Gasteiger partial charge in [-0.1, -0.05) is 23.7 Å². The Labute approximate surface area is 109 Å². The number of ether oxygens (including phenoxy) is 1. The molecule has 0 amide bonds. The van der Waals surface area contributed by atoms with Gasteiger partial charge in [-0.2, -0.15) is 0 Å². The summed E-state index contributed by atoms with van der Waals surface area (Å²) < 4.78 is 32.3. The van der Waals surface area contributed by atoms with Gasteiger partial charge in [0.15, 0.2) is 5.75 Å². The zero-order valence-electron chi connectivity index (χ0n) is 9.05. The summed E-state index contributed by atoms with van der Waals surface area (Å²) in [6, 6.07) is 11.2. The summed E-state index contributed by atoms with van der Waals surface area (Å²) in [5.74, 6) is 0.721. The Balaban J connectivity index is 2.26. The molecule has 0 fully saturated rings. The molecule has 1 aliphatic heterocycles. The number of anilines is 1. The summed E-state index contributed by atoms with van der Waals surface area (Å²) in [6.45, 7) is 0. The molecule has 4 nitrogen and oxygen atoms in total.